The molecule has 0 amide bonds. The van der Waals surface area contributed by atoms with Crippen molar-refractivity contribution < 1.29 is 4.39 Å². The highest BCUT2D eigenvalue weighted by atomic mass is 35.5. The van der Waals surface area contributed by atoms with Gasteiger partial charge in [-0.15, -0.1) is 0 Å². The second kappa shape index (κ2) is 9.00. The minimum absolute atomic E-state index is 0.201. The first-order valence-corrected chi connectivity index (χ1v) is 10.3. The van der Waals surface area contributed by atoms with E-state index in [1.807, 2.05) is 36.4 Å². The summed E-state index contributed by atoms with van der Waals surface area (Å²) in [5.74, 6) is -0.201. The molecule has 0 bridgehead atoms. The molecule has 0 aliphatic carbocycles. The summed E-state index contributed by atoms with van der Waals surface area (Å²) in [6, 6.07) is 20.6. The average Bonchev–Trinajstić information content (AvgIpc) is 3.07. The molecule has 148 valence electrons. The molecular formula is C24H21Cl2FN2. The van der Waals surface area contributed by atoms with Crippen molar-refractivity contribution in [2.24, 2.45) is 0 Å². The lowest BCUT2D eigenvalue weighted by molar-refractivity contribution is 0.626. The molecule has 4 aromatic rings. The molecule has 0 spiro atoms. The van der Waals surface area contributed by atoms with Crippen LogP contribution in [0.15, 0.2) is 72.9 Å². The van der Waals surface area contributed by atoms with Crippen LogP contribution in [0.3, 0.4) is 0 Å². The minimum Gasteiger partial charge on any atom is -0.343 e. The Balaban J connectivity index is 1.49. The van der Waals surface area contributed by atoms with Gasteiger partial charge in [0.15, 0.2) is 0 Å². The van der Waals surface area contributed by atoms with Crippen molar-refractivity contribution in [3.8, 4) is 0 Å². The summed E-state index contributed by atoms with van der Waals surface area (Å²) in [6.07, 6.45) is 3.02. The SMILES string of the molecule is Fc1ccc(CCNCc2cn(Cc3c(Cl)cccc3Cl)c3ccccc23)cc1. The summed E-state index contributed by atoms with van der Waals surface area (Å²) < 4.78 is 15.2. The number of aromatic nitrogens is 1. The van der Waals surface area contributed by atoms with E-state index in [1.54, 1.807) is 0 Å². The lowest BCUT2D eigenvalue weighted by Crippen LogP contribution is -2.16. The number of hydrogen-bond acceptors (Lipinski definition) is 1. The summed E-state index contributed by atoms with van der Waals surface area (Å²) in [5, 5.41) is 6.06. The second-order valence-corrected chi connectivity index (χ2v) is 7.87. The first-order chi connectivity index (χ1) is 14.1. The van der Waals surface area contributed by atoms with Gasteiger partial charge >= 0.3 is 0 Å². The van der Waals surface area contributed by atoms with Gasteiger partial charge in [-0.3, -0.25) is 0 Å². The highest BCUT2D eigenvalue weighted by molar-refractivity contribution is 6.36. The van der Waals surface area contributed by atoms with Crippen LogP contribution >= 0.6 is 23.2 Å². The highest BCUT2D eigenvalue weighted by Crippen LogP contribution is 2.28. The summed E-state index contributed by atoms with van der Waals surface area (Å²) >= 11 is 12.7. The fraction of sp³-hybridized carbons (Fsp3) is 0.167. The number of rotatable bonds is 7. The monoisotopic (exact) mass is 426 g/mol. The average molecular weight is 427 g/mol. The van der Waals surface area contributed by atoms with Gasteiger partial charge in [0.2, 0.25) is 0 Å². The third-order valence-corrected chi connectivity index (χ3v) is 5.79. The van der Waals surface area contributed by atoms with Gasteiger partial charge in [0.1, 0.15) is 5.82 Å². The summed E-state index contributed by atoms with van der Waals surface area (Å²) in [5.41, 5.74) is 4.42. The fourth-order valence-corrected chi connectivity index (χ4v) is 4.07. The third kappa shape index (κ3) is 4.64. The first kappa shape index (κ1) is 20.0. The molecule has 0 unspecified atom stereocenters. The minimum atomic E-state index is -0.201. The molecule has 1 aromatic heterocycles. The maximum absolute atomic E-state index is 13.0. The molecule has 0 radical (unpaired) electrons. The van der Waals surface area contributed by atoms with Gasteiger partial charge in [0.05, 0.1) is 6.54 Å². The molecule has 0 atom stereocenters. The number of benzene rings is 3. The van der Waals surface area contributed by atoms with Crippen molar-refractivity contribution in [1.82, 2.24) is 9.88 Å². The molecule has 1 N–H and O–H groups in total. The Morgan fingerprint density at radius 3 is 2.34 bits per heavy atom. The standard InChI is InChI=1S/C24H21Cl2FN2/c25-22-5-3-6-23(26)21(22)16-29-15-18(20-4-1-2-7-24(20)29)14-28-13-12-17-8-10-19(27)11-9-17/h1-11,15,28H,12-14,16H2. The van der Waals surface area contributed by atoms with E-state index in [0.29, 0.717) is 16.6 Å². The van der Waals surface area contributed by atoms with E-state index in [4.69, 9.17) is 23.2 Å². The number of nitrogens with zero attached hydrogens (tertiary/aromatic N) is 1. The Labute approximate surface area is 179 Å². The van der Waals surface area contributed by atoms with Gasteiger partial charge in [-0.25, -0.2) is 4.39 Å². The van der Waals surface area contributed by atoms with Crippen LogP contribution in [-0.2, 0) is 19.5 Å². The fourth-order valence-electron chi connectivity index (χ4n) is 3.56. The topological polar surface area (TPSA) is 17.0 Å². The maximum Gasteiger partial charge on any atom is 0.123 e. The molecule has 0 saturated heterocycles. The van der Waals surface area contributed by atoms with Crippen LogP contribution in [-0.4, -0.2) is 11.1 Å². The zero-order valence-electron chi connectivity index (χ0n) is 15.8. The van der Waals surface area contributed by atoms with Gasteiger partial charge in [-0.1, -0.05) is 59.6 Å². The Morgan fingerprint density at radius 2 is 1.59 bits per heavy atom. The molecule has 1 heterocycles. The number of nitrogens with one attached hydrogen (secondary N) is 1. The van der Waals surface area contributed by atoms with Crippen molar-refractivity contribution in [2.75, 3.05) is 6.54 Å². The van der Waals surface area contributed by atoms with Crippen LogP contribution in [0.2, 0.25) is 10.0 Å². The Kier molecular flexibility index (Phi) is 6.19. The molecule has 29 heavy (non-hydrogen) atoms. The lowest BCUT2D eigenvalue weighted by Gasteiger charge is -2.09. The Morgan fingerprint density at radius 1 is 0.862 bits per heavy atom. The van der Waals surface area contributed by atoms with E-state index in [0.717, 1.165) is 36.2 Å². The molecule has 4 rings (SSSR count). The van der Waals surface area contributed by atoms with E-state index >= 15 is 0 Å². The van der Waals surface area contributed by atoms with Crippen LogP contribution in [0.4, 0.5) is 4.39 Å². The van der Waals surface area contributed by atoms with Crippen molar-refractivity contribution in [2.45, 2.75) is 19.5 Å². The molecular weight excluding hydrogens is 406 g/mol. The molecule has 3 aromatic carbocycles. The Bertz CT molecular complexity index is 1100. The summed E-state index contributed by atoms with van der Waals surface area (Å²) in [7, 11) is 0. The lowest BCUT2D eigenvalue weighted by atomic mass is 10.1. The van der Waals surface area contributed by atoms with E-state index in [2.05, 4.69) is 34.3 Å². The quantitative estimate of drug-likeness (QED) is 0.335. The Hall–Kier alpha value is -2.33. The smallest absolute Gasteiger partial charge is 0.123 e. The molecule has 0 aliphatic heterocycles. The second-order valence-electron chi connectivity index (χ2n) is 7.05. The van der Waals surface area contributed by atoms with Crippen molar-refractivity contribution in [3.05, 3.63) is 105 Å². The van der Waals surface area contributed by atoms with E-state index < -0.39 is 0 Å². The predicted octanol–water partition coefficient (Wildman–Crippen LogP) is 6.47. The van der Waals surface area contributed by atoms with Gasteiger partial charge in [0, 0.05) is 39.3 Å². The summed E-state index contributed by atoms with van der Waals surface area (Å²) in [6.45, 7) is 2.20. The van der Waals surface area contributed by atoms with Crippen molar-refractivity contribution >= 4 is 34.1 Å². The normalized spacial score (nSPS) is 11.3. The third-order valence-electron chi connectivity index (χ3n) is 5.08. The molecule has 5 heteroatoms. The first-order valence-electron chi connectivity index (χ1n) is 9.56. The van der Waals surface area contributed by atoms with Crippen molar-refractivity contribution in [1.29, 1.82) is 0 Å². The largest absolute Gasteiger partial charge is 0.343 e. The van der Waals surface area contributed by atoms with Crippen LogP contribution in [0, 0.1) is 5.82 Å². The predicted molar refractivity (Wildman–Crippen MR) is 119 cm³/mol. The number of fused-ring (bicyclic) bond motifs is 1. The van der Waals surface area contributed by atoms with Crippen LogP contribution in [0.5, 0.6) is 0 Å². The highest BCUT2D eigenvalue weighted by Gasteiger charge is 2.11. The molecule has 2 nitrogen and oxygen atoms in total. The molecule has 0 fully saturated rings. The van der Waals surface area contributed by atoms with E-state index in [-0.39, 0.29) is 5.82 Å². The number of para-hydroxylation sites is 1. The van der Waals surface area contributed by atoms with Crippen LogP contribution in [0.1, 0.15) is 16.7 Å². The van der Waals surface area contributed by atoms with Crippen molar-refractivity contribution in [3.63, 3.8) is 0 Å². The maximum atomic E-state index is 13.0. The van der Waals surface area contributed by atoms with Crippen LogP contribution in [0.25, 0.3) is 10.9 Å². The van der Waals surface area contributed by atoms with Gasteiger partial charge in [-0.05, 0) is 54.4 Å². The molecule has 0 saturated carbocycles. The van der Waals surface area contributed by atoms with E-state index in [1.165, 1.54) is 23.1 Å². The zero-order chi connectivity index (χ0) is 20.2. The molecule has 0 aliphatic rings. The van der Waals surface area contributed by atoms with Gasteiger partial charge in [0.25, 0.3) is 0 Å². The van der Waals surface area contributed by atoms with Gasteiger partial charge < -0.3 is 9.88 Å². The summed E-state index contributed by atoms with van der Waals surface area (Å²) in [4.78, 5) is 0. The van der Waals surface area contributed by atoms with Crippen LogP contribution < -0.4 is 5.32 Å². The van der Waals surface area contributed by atoms with Gasteiger partial charge in [-0.2, -0.15) is 0 Å². The number of halogens is 3. The van der Waals surface area contributed by atoms with E-state index in [9.17, 15) is 4.39 Å². The number of hydrogen-bond donors (Lipinski definition) is 1. The zero-order valence-corrected chi connectivity index (χ0v) is 17.3.